The van der Waals surface area contributed by atoms with Gasteiger partial charge in [0, 0.05) is 38.4 Å². The second kappa shape index (κ2) is 8.46. The maximum atomic E-state index is 5.92. The van der Waals surface area contributed by atoms with Crippen LogP contribution in [0, 0.1) is 13.8 Å². The number of ether oxygens (including phenoxy) is 1. The standard InChI is InChI=1S/C23H30N8O/c1-15-12-24-18(4)23-27-20(28-31(15)23)8-7-19-25-21(29-9-5-6-10-29)11-22(26-19)30-13-16(2)32-17(3)14-30/h7-8,11-12,16-17H,5-6,9-10,13-14H2,1-4H3/b8-7+/t16-,17+. The Morgan fingerprint density at radius 1 is 0.906 bits per heavy atom. The van der Waals surface area contributed by atoms with E-state index in [1.165, 1.54) is 12.8 Å². The maximum Gasteiger partial charge on any atom is 0.177 e. The summed E-state index contributed by atoms with van der Waals surface area (Å²) in [4.78, 5) is 23.4. The number of hydrogen-bond donors (Lipinski definition) is 0. The second-order valence-corrected chi connectivity index (χ2v) is 8.82. The molecule has 5 heterocycles. The first kappa shape index (κ1) is 20.8. The van der Waals surface area contributed by atoms with Gasteiger partial charge in [-0.2, -0.15) is 0 Å². The minimum absolute atomic E-state index is 0.171. The van der Waals surface area contributed by atoms with Crippen molar-refractivity contribution < 1.29 is 4.74 Å². The molecular formula is C23H30N8O. The topological polar surface area (TPSA) is 84.6 Å². The van der Waals surface area contributed by atoms with Crippen molar-refractivity contribution in [2.24, 2.45) is 0 Å². The first-order valence-corrected chi connectivity index (χ1v) is 11.4. The van der Waals surface area contributed by atoms with E-state index < -0.39 is 0 Å². The number of anilines is 2. The first-order chi connectivity index (χ1) is 15.5. The van der Waals surface area contributed by atoms with Crippen molar-refractivity contribution in [1.29, 1.82) is 0 Å². The number of aromatic nitrogens is 6. The van der Waals surface area contributed by atoms with Crippen molar-refractivity contribution in [2.75, 3.05) is 36.0 Å². The third-order valence-electron chi connectivity index (χ3n) is 6.00. The zero-order chi connectivity index (χ0) is 22.2. The fourth-order valence-electron chi connectivity index (χ4n) is 4.48. The maximum absolute atomic E-state index is 5.92. The molecule has 2 fully saturated rings. The van der Waals surface area contributed by atoms with E-state index >= 15 is 0 Å². The summed E-state index contributed by atoms with van der Waals surface area (Å²) in [6, 6.07) is 2.12. The van der Waals surface area contributed by atoms with Gasteiger partial charge in [0.25, 0.3) is 0 Å². The average molecular weight is 435 g/mol. The van der Waals surface area contributed by atoms with Gasteiger partial charge in [-0.15, -0.1) is 5.10 Å². The Morgan fingerprint density at radius 3 is 2.25 bits per heavy atom. The molecule has 2 aliphatic rings. The normalized spacial score (nSPS) is 21.9. The molecule has 0 N–H and O–H groups in total. The molecule has 168 valence electrons. The Bertz CT molecular complexity index is 1100. The molecule has 0 bridgehead atoms. The highest BCUT2D eigenvalue weighted by Gasteiger charge is 2.25. The summed E-state index contributed by atoms with van der Waals surface area (Å²) in [5.74, 6) is 3.22. The summed E-state index contributed by atoms with van der Waals surface area (Å²) < 4.78 is 7.74. The molecule has 2 atom stereocenters. The lowest BCUT2D eigenvalue weighted by Crippen LogP contribution is -2.46. The van der Waals surface area contributed by atoms with Crippen LogP contribution < -0.4 is 9.80 Å². The van der Waals surface area contributed by atoms with E-state index in [2.05, 4.69) is 44.8 Å². The average Bonchev–Trinajstić information content (AvgIpc) is 3.45. The summed E-state index contributed by atoms with van der Waals surface area (Å²) in [5.41, 5.74) is 2.57. The first-order valence-electron chi connectivity index (χ1n) is 11.4. The number of aryl methyl sites for hydroxylation is 2. The molecule has 0 spiro atoms. The number of morpholine rings is 1. The van der Waals surface area contributed by atoms with Gasteiger partial charge in [-0.3, -0.25) is 4.98 Å². The second-order valence-electron chi connectivity index (χ2n) is 8.82. The molecule has 0 aliphatic carbocycles. The van der Waals surface area contributed by atoms with E-state index in [1.54, 1.807) is 0 Å². The lowest BCUT2D eigenvalue weighted by atomic mass is 10.2. The largest absolute Gasteiger partial charge is 0.372 e. The van der Waals surface area contributed by atoms with Crippen molar-refractivity contribution >= 4 is 29.4 Å². The Hall–Kier alpha value is -3.07. The van der Waals surface area contributed by atoms with Gasteiger partial charge in [-0.25, -0.2) is 19.5 Å². The van der Waals surface area contributed by atoms with Crippen molar-refractivity contribution in [3.05, 3.63) is 35.3 Å². The summed E-state index contributed by atoms with van der Waals surface area (Å²) in [6.45, 7) is 11.9. The number of hydrogen-bond acceptors (Lipinski definition) is 8. The van der Waals surface area contributed by atoms with Crippen LogP contribution in [0.4, 0.5) is 11.6 Å². The highest BCUT2D eigenvalue weighted by Crippen LogP contribution is 2.25. The van der Waals surface area contributed by atoms with Crippen molar-refractivity contribution in [3.63, 3.8) is 0 Å². The molecular weight excluding hydrogens is 404 g/mol. The highest BCUT2D eigenvalue weighted by molar-refractivity contribution is 5.66. The van der Waals surface area contributed by atoms with Gasteiger partial charge in [-0.05, 0) is 52.7 Å². The van der Waals surface area contributed by atoms with E-state index in [4.69, 9.17) is 14.7 Å². The molecule has 3 aromatic rings. The molecule has 9 nitrogen and oxygen atoms in total. The summed E-state index contributed by atoms with van der Waals surface area (Å²) in [6.07, 6.45) is 8.34. The van der Waals surface area contributed by atoms with Crippen LogP contribution in [0.15, 0.2) is 12.3 Å². The van der Waals surface area contributed by atoms with Gasteiger partial charge in [0.05, 0.1) is 23.6 Å². The van der Waals surface area contributed by atoms with Crippen molar-refractivity contribution in [2.45, 2.75) is 52.7 Å². The van der Waals surface area contributed by atoms with Crippen LogP contribution in [0.3, 0.4) is 0 Å². The van der Waals surface area contributed by atoms with Gasteiger partial charge < -0.3 is 14.5 Å². The lowest BCUT2D eigenvalue weighted by Gasteiger charge is -2.36. The van der Waals surface area contributed by atoms with E-state index in [9.17, 15) is 0 Å². The van der Waals surface area contributed by atoms with Crippen LogP contribution in [-0.2, 0) is 4.74 Å². The molecule has 0 amide bonds. The predicted molar refractivity (Wildman–Crippen MR) is 125 cm³/mol. The van der Waals surface area contributed by atoms with Crippen molar-refractivity contribution in [1.82, 2.24) is 29.5 Å². The monoisotopic (exact) mass is 434 g/mol. The fourth-order valence-corrected chi connectivity index (χ4v) is 4.48. The van der Waals surface area contributed by atoms with Gasteiger partial charge in [0.15, 0.2) is 17.3 Å². The van der Waals surface area contributed by atoms with E-state index in [0.717, 1.165) is 54.8 Å². The van der Waals surface area contributed by atoms with Crippen LogP contribution in [0.1, 0.15) is 49.7 Å². The molecule has 2 saturated heterocycles. The predicted octanol–water partition coefficient (Wildman–Crippen LogP) is 2.92. The molecule has 0 aromatic carbocycles. The number of fused-ring (bicyclic) bond motifs is 1. The smallest absolute Gasteiger partial charge is 0.177 e. The quantitative estimate of drug-likeness (QED) is 0.620. The zero-order valence-corrected chi connectivity index (χ0v) is 19.2. The van der Waals surface area contributed by atoms with Crippen LogP contribution in [0.2, 0.25) is 0 Å². The minimum Gasteiger partial charge on any atom is -0.372 e. The van der Waals surface area contributed by atoms with Crippen LogP contribution in [0.25, 0.3) is 17.8 Å². The molecule has 0 saturated carbocycles. The molecule has 5 rings (SSSR count). The molecule has 32 heavy (non-hydrogen) atoms. The number of nitrogens with zero attached hydrogens (tertiary/aromatic N) is 8. The van der Waals surface area contributed by atoms with Crippen LogP contribution in [-0.4, -0.2) is 67.9 Å². The van der Waals surface area contributed by atoms with Crippen molar-refractivity contribution in [3.8, 4) is 0 Å². The van der Waals surface area contributed by atoms with Gasteiger partial charge in [0.2, 0.25) is 0 Å². The summed E-state index contributed by atoms with van der Waals surface area (Å²) in [7, 11) is 0. The number of rotatable bonds is 4. The summed E-state index contributed by atoms with van der Waals surface area (Å²) in [5, 5.41) is 4.61. The third-order valence-corrected chi connectivity index (χ3v) is 6.00. The Morgan fingerprint density at radius 2 is 1.56 bits per heavy atom. The van der Waals surface area contributed by atoms with E-state index in [-0.39, 0.29) is 12.2 Å². The molecule has 9 heteroatoms. The van der Waals surface area contributed by atoms with E-state index in [1.807, 2.05) is 36.7 Å². The van der Waals surface area contributed by atoms with E-state index in [0.29, 0.717) is 11.6 Å². The fraction of sp³-hybridized carbons (Fsp3) is 0.522. The SMILES string of the molecule is Cc1ncc(C)n2nc(/C=C/c3nc(N4CCCC4)cc(N4C[C@@H](C)O[C@@H](C)C4)n3)nc12. The zero-order valence-electron chi connectivity index (χ0n) is 19.2. The Labute approximate surface area is 188 Å². The third kappa shape index (κ3) is 4.17. The molecule has 0 unspecified atom stereocenters. The minimum atomic E-state index is 0.171. The highest BCUT2D eigenvalue weighted by atomic mass is 16.5. The lowest BCUT2D eigenvalue weighted by molar-refractivity contribution is -0.00546. The Kier molecular flexibility index (Phi) is 5.50. The molecule has 2 aliphatic heterocycles. The van der Waals surface area contributed by atoms with Crippen LogP contribution >= 0.6 is 0 Å². The summed E-state index contributed by atoms with van der Waals surface area (Å²) >= 11 is 0. The Balaban J connectivity index is 1.49. The van der Waals surface area contributed by atoms with Gasteiger partial charge in [0.1, 0.15) is 11.6 Å². The molecule has 0 radical (unpaired) electrons. The van der Waals surface area contributed by atoms with Crippen LogP contribution in [0.5, 0.6) is 0 Å². The van der Waals surface area contributed by atoms with Gasteiger partial charge >= 0.3 is 0 Å². The van der Waals surface area contributed by atoms with Gasteiger partial charge in [-0.1, -0.05) is 0 Å². The molecule has 3 aromatic heterocycles.